The van der Waals surface area contributed by atoms with Crippen LogP contribution in [-0.2, 0) is 20.7 Å². The molecule has 4 heteroatoms. The van der Waals surface area contributed by atoms with Crippen molar-refractivity contribution in [3.8, 4) is 0 Å². The minimum absolute atomic E-state index is 0.114. The largest absolute Gasteiger partial charge is 0.463 e. The van der Waals surface area contributed by atoms with Crippen LogP contribution in [0.5, 0.6) is 0 Å². The zero-order valence-electron chi connectivity index (χ0n) is 12.5. The summed E-state index contributed by atoms with van der Waals surface area (Å²) in [5, 5.41) is 0. The molecule has 1 rings (SSSR count). The number of carbonyl (C=O) groups is 2. The van der Waals surface area contributed by atoms with Crippen LogP contribution in [0.25, 0.3) is 0 Å². The molecule has 0 bridgehead atoms. The summed E-state index contributed by atoms with van der Waals surface area (Å²) in [6, 6.07) is 9.65. The Hall–Kier alpha value is -2.10. The zero-order valence-corrected chi connectivity index (χ0v) is 12.5. The van der Waals surface area contributed by atoms with Crippen molar-refractivity contribution in [2.45, 2.75) is 27.2 Å². The van der Waals surface area contributed by atoms with Gasteiger partial charge in [0.2, 0.25) is 5.91 Å². The molecule has 0 aromatic heterocycles. The van der Waals surface area contributed by atoms with Crippen LogP contribution >= 0.6 is 0 Å². The molecule has 0 aliphatic rings. The normalized spacial score (nSPS) is 11.6. The Labute approximate surface area is 120 Å². The maximum Gasteiger partial charge on any atom is 0.336 e. The van der Waals surface area contributed by atoms with Crippen molar-refractivity contribution < 1.29 is 14.3 Å². The van der Waals surface area contributed by atoms with Gasteiger partial charge in [-0.25, -0.2) is 4.79 Å². The highest BCUT2D eigenvalue weighted by atomic mass is 16.5. The fraction of sp³-hybridized carbons (Fsp3) is 0.375. The van der Waals surface area contributed by atoms with Crippen LogP contribution < -0.4 is 0 Å². The van der Waals surface area contributed by atoms with Gasteiger partial charge in [-0.3, -0.25) is 4.79 Å². The highest BCUT2D eigenvalue weighted by Gasteiger charge is 2.18. The number of benzene rings is 1. The molecule has 0 fully saturated rings. The van der Waals surface area contributed by atoms with Crippen LogP contribution in [0.15, 0.2) is 41.6 Å². The fourth-order valence-electron chi connectivity index (χ4n) is 1.80. The van der Waals surface area contributed by atoms with E-state index in [4.69, 9.17) is 4.74 Å². The maximum absolute atomic E-state index is 12.1. The molecule has 0 atom stereocenters. The lowest BCUT2D eigenvalue weighted by Crippen LogP contribution is -2.26. The molecule has 4 nitrogen and oxygen atoms in total. The number of ether oxygens (including phenoxy) is 1. The molecule has 0 radical (unpaired) electrons. The molecule has 0 saturated heterocycles. The topological polar surface area (TPSA) is 46.6 Å². The first kappa shape index (κ1) is 16.0. The summed E-state index contributed by atoms with van der Waals surface area (Å²) in [6.07, 6.45) is 0.448. The third-order valence-electron chi connectivity index (χ3n) is 3.16. The lowest BCUT2D eigenvalue weighted by molar-refractivity contribution is -0.138. The number of rotatable bonds is 5. The summed E-state index contributed by atoms with van der Waals surface area (Å²) >= 11 is 0. The third kappa shape index (κ3) is 4.23. The molecule has 0 N–H and O–H groups in total. The molecule has 0 saturated carbocycles. The molecule has 1 amide bonds. The first-order valence-corrected chi connectivity index (χ1v) is 6.62. The Balaban J connectivity index is 3.11. The Morgan fingerprint density at radius 1 is 1.15 bits per heavy atom. The van der Waals surface area contributed by atoms with Gasteiger partial charge in [0.15, 0.2) is 0 Å². The first-order valence-electron chi connectivity index (χ1n) is 6.62. The van der Waals surface area contributed by atoms with E-state index in [0.717, 1.165) is 5.56 Å². The summed E-state index contributed by atoms with van der Waals surface area (Å²) < 4.78 is 5.09. The van der Waals surface area contributed by atoms with Gasteiger partial charge in [-0.05, 0) is 19.4 Å². The Kier molecular flexibility index (Phi) is 5.97. The van der Waals surface area contributed by atoms with Gasteiger partial charge in [0, 0.05) is 26.1 Å². The van der Waals surface area contributed by atoms with Crippen molar-refractivity contribution in [3.63, 3.8) is 0 Å². The van der Waals surface area contributed by atoms with Crippen molar-refractivity contribution in [2.24, 2.45) is 0 Å². The van der Waals surface area contributed by atoms with E-state index in [0.29, 0.717) is 24.3 Å². The average Bonchev–Trinajstić information content (AvgIpc) is 2.44. The van der Waals surface area contributed by atoms with Gasteiger partial charge >= 0.3 is 5.97 Å². The molecular formula is C16H21NO3. The number of hydrogen-bond acceptors (Lipinski definition) is 3. The van der Waals surface area contributed by atoms with Gasteiger partial charge < -0.3 is 9.64 Å². The van der Waals surface area contributed by atoms with Crippen LogP contribution in [0.4, 0.5) is 0 Å². The summed E-state index contributed by atoms with van der Waals surface area (Å²) in [6.45, 7) is 5.31. The van der Waals surface area contributed by atoms with E-state index >= 15 is 0 Å². The number of nitrogens with zero attached hydrogens (tertiary/aromatic N) is 1. The van der Waals surface area contributed by atoms with Gasteiger partial charge in [-0.15, -0.1) is 0 Å². The highest BCUT2D eigenvalue weighted by Crippen LogP contribution is 2.16. The second-order valence-electron chi connectivity index (χ2n) is 4.52. The van der Waals surface area contributed by atoms with E-state index in [2.05, 4.69) is 0 Å². The summed E-state index contributed by atoms with van der Waals surface area (Å²) in [7, 11) is 1.65. The molecule has 0 aliphatic heterocycles. The summed E-state index contributed by atoms with van der Waals surface area (Å²) in [5.74, 6) is -0.487. The maximum atomic E-state index is 12.1. The average molecular weight is 275 g/mol. The lowest BCUT2D eigenvalue weighted by Gasteiger charge is -2.19. The van der Waals surface area contributed by atoms with Crippen LogP contribution in [-0.4, -0.2) is 30.4 Å². The zero-order chi connectivity index (χ0) is 15.1. The molecule has 1 aromatic carbocycles. The predicted molar refractivity (Wildman–Crippen MR) is 77.9 cm³/mol. The predicted octanol–water partition coefficient (Wildman–Crippen LogP) is 2.54. The standard InChI is InChI=1S/C16H21NO3/c1-5-20-16(19)15(12(2)17(4)13(3)18)11-14-9-7-6-8-10-14/h6-10H,5,11H2,1-4H3/b15-12-. The van der Waals surface area contributed by atoms with Crippen LogP contribution in [0.3, 0.4) is 0 Å². The minimum atomic E-state index is -0.373. The number of allylic oxidation sites excluding steroid dienone is 1. The minimum Gasteiger partial charge on any atom is -0.463 e. The second kappa shape index (κ2) is 7.48. The van der Waals surface area contributed by atoms with Gasteiger partial charge in [-0.2, -0.15) is 0 Å². The van der Waals surface area contributed by atoms with Crippen LogP contribution in [0.1, 0.15) is 26.3 Å². The molecule has 0 aliphatic carbocycles. The summed E-state index contributed by atoms with van der Waals surface area (Å²) in [4.78, 5) is 25.0. The molecule has 108 valence electrons. The van der Waals surface area contributed by atoms with E-state index in [1.807, 2.05) is 30.3 Å². The van der Waals surface area contributed by atoms with Gasteiger partial charge in [-0.1, -0.05) is 30.3 Å². The van der Waals surface area contributed by atoms with Crippen molar-refractivity contribution in [1.29, 1.82) is 0 Å². The van der Waals surface area contributed by atoms with Crippen molar-refractivity contribution in [3.05, 3.63) is 47.2 Å². The molecule has 0 unspecified atom stereocenters. The van der Waals surface area contributed by atoms with Gasteiger partial charge in [0.1, 0.15) is 0 Å². The second-order valence-corrected chi connectivity index (χ2v) is 4.52. The molecule has 0 spiro atoms. The van der Waals surface area contributed by atoms with E-state index < -0.39 is 0 Å². The number of carbonyl (C=O) groups excluding carboxylic acids is 2. The van der Waals surface area contributed by atoms with Crippen molar-refractivity contribution in [2.75, 3.05) is 13.7 Å². The smallest absolute Gasteiger partial charge is 0.336 e. The molecular weight excluding hydrogens is 254 g/mol. The SMILES string of the molecule is CCOC(=O)/C(Cc1ccccc1)=C(/C)N(C)C(C)=O. The fourth-order valence-corrected chi connectivity index (χ4v) is 1.80. The Morgan fingerprint density at radius 2 is 1.75 bits per heavy atom. The van der Waals surface area contributed by atoms with Gasteiger partial charge in [0.05, 0.1) is 12.2 Å². The Morgan fingerprint density at radius 3 is 2.25 bits per heavy atom. The van der Waals surface area contributed by atoms with E-state index in [1.165, 1.54) is 11.8 Å². The van der Waals surface area contributed by atoms with E-state index in [1.54, 1.807) is 20.9 Å². The highest BCUT2D eigenvalue weighted by molar-refractivity contribution is 5.90. The monoisotopic (exact) mass is 275 g/mol. The first-order chi connectivity index (χ1) is 9.47. The Bertz CT molecular complexity index is 506. The quantitative estimate of drug-likeness (QED) is 0.613. The number of esters is 1. The molecule has 20 heavy (non-hydrogen) atoms. The number of hydrogen-bond donors (Lipinski definition) is 0. The van der Waals surface area contributed by atoms with E-state index in [-0.39, 0.29) is 11.9 Å². The van der Waals surface area contributed by atoms with Crippen LogP contribution in [0, 0.1) is 0 Å². The van der Waals surface area contributed by atoms with Gasteiger partial charge in [0.25, 0.3) is 0 Å². The van der Waals surface area contributed by atoms with Crippen molar-refractivity contribution in [1.82, 2.24) is 4.90 Å². The summed E-state index contributed by atoms with van der Waals surface area (Å²) in [5.41, 5.74) is 2.14. The molecule has 0 heterocycles. The molecule has 1 aromatic rings. The number of amides is 1. The lowest BCUT2D eigenvalue weighted by atomic mass is 10.0. The van der Waals surface area contributed by atoms with Crippen molar-refractivity contribution >= 4 is 11.9 Å². The third-order valence-corrected chi connectivity index (χ3v) is 3.16. The van der Waals surface area contributed by atoms with E-state index in [9.17, 15) is 9.59 Å². The van der Waals surface area contributed by atoms with Crippen LogP contribution in [0.2, 0.25) is 0 Å².